The molecule has 1 aromatic heterocycles. The number of thiazole rings is 1. The number of nitrogens with one attached hydrogen (secondary N) is 1. The van der Waals surface area contributed by atoms with Crippen molar-refractivity contribution < 1.29 is 14.3 Å². The highest BCUT2D eigenvalue weighted by Crippen LogP contribution is 2.14. The van der Waals surface area contributed by atoms with Gasteiger partial charge in [0, 0.05) is 27.8 Å². The number of carbonyl (C=O) groups is 2. The molecule has 0 saturated carbocycles. The number of benzene rings is 1. The topological polar surface area (TPSA) is 77.4 Å². The van der Waals surface area contributed by atoms with Crippen LogP contribution in [0.4, 0.5) is 5.69 Å². The molecule has 1 heterocycles. The Bertz CT molecular complexity index is 782. The van der Waals surface area contributed by atoms with Crippen LogP contribution in [0.1, 0.15) is 19.0 Å². The van der Waals surface area contributed by atoms with Gasteiger partial charge in [-0.3, -0.25) is 14.4 Å². The van der Waals surface area contributed by atoms with Crippen LogP contribution in [0.2, 0.25) is 0 Å². The van der Waals surface area contributed by atoms with Crippen molar-refractivity contribution in [2.75, 3.05) is 5.32 Å². The number of carbonyl (C=O) groups excluding carboxylic acids is 2. The van der Waals surface area contributed by atoms with Gasteiger partial charge in [-0.2, -0.15) is 0 Å². The zero-order chi connectivity index (χ0) is 17.7. The summed E-state index contributed by atoms with van der Waals surface area (Å²) in [5.74, 6) is -0.930. The highest BCUT2D eigenvalue weighted by molar-refractivity contribution is 9.10. The molecular formula is C16H17BrN2O4S. The number of aryl methyl sites for hydroxylation is 1. The summed E-state index contributed by atoms with van der Waals surface area (Å²) in [7, 11) is 0. The number of amides is 1. The molecule has 24 heavy (non-hydrogen) atoms. The Balaban J connectivity index is 1.83. The van der Waals surface area contributed by atoms with Gasteiger partial charge in [-0.15, -0.1) is 0 Å². The van der Waals surface area contributed by atoms with E-state index in [1.54, 1.807) is 36.6 Å². The number of aromatic nitrogens is 1. The van der Waals surface area contributed by atoms with Crippen LogP contribution in [0.3, 0.4) is 0 Å². The molecule has 0 aliphatic heterocycles. The molecule has 0 aliphatic carbocycles. The number of hydrogen-bond donors (Lipinski definition) is 1. The van der Waals surface area contributed by atoms with Gasteiger partial charge >= 0.3 is 10.8 Å². The lowest BCUT2D eigenvalue weighted by Gasteiger charge is -2.14. The minimum Gasteiger partial charge on any atom is -0.452 e. The van der Waals surface area contributed by atoms with Crippen LogP contribution >= 0.6 is 27.3 Å². The summed E-state index contributed by atoms with van der Waals surface area (Å²) in [5.41, 5.74) is 1.42. The highest BCUT2D eigenvalue weighted by Gasteiger charge is 2.18. The van der Waals surface area contributed by atoms with Crippen LogP contribution in [-0.2, 0) is 20.9 Å². The van der Waals surface area contributed by atoms with Crippen molar-refractivity contribution in [3.63, 3.8) is 0 Å². The average molecular weight is 413 g/mol. The largest absolute Gasteiger partial charge is 0.452 e. The van der Waals surface area contributed by atoms with Gasteiger partial charge in [0.1, 0.15) is 0 Å². The summed E-state index contributed by atoms with van der Waals surface area (Å²) >= 11 is 4.40. The summed E-state index contributed by atoms with van der Waals surface area (Å²) in [6.07, 6.45) is -0.880. The van der Waals surface area contributed by atoms with E-state index in [-0.39, 0.29) is 17.8 Å². The van der Waals surface area contributed by atoms with E-state index in [4.69, 9.17) is 4.74 Å². The van der Waals surface area contributed by atoms with E-state index in [0.29, 0.717) is 5.69 Å². The van der Waals surface area contributed by atoms with E-state index < -0.39 is 18.0 Å². The predicted molar refractivity (Wildman–Crippen MR) is 96.3 cm³/mol. The summed E-state index contributed by atoms with van der Waals surface area (Å²) < 4.78 is 7.53. The van der Waals surface area contributed by atoms with Crippen molar-refractivity contribution in [1.82, 2.24) is 4.57 Å². The molecule has 2 rings (SSSR count). The van der Waals surface area contributed by atoms with Crippen LogP contribution in [-0.4, -0.2) is 22.5 Å². The minimum absolute atomic E-state index is 0.0351. The quantitative estimate of drug-likeness (QED) is 0.739. The van der Waals surface area contributed by atoms with Gasteiger partial charge in [-0.05, 0) is 38.1 Å². The van der Waals surface area contributed by atoms with E-state index in [1.807, 2.05) is 0 Å². The number of rotatable bonds is 6. The Morgan fingerprint density at radius 1 is 1.33 bits per heavy atom. The number of hydrogen-bond acceptors (Lipinski definition) is 5. The van der Waals surface area contributed by atoms with Gasteiger partial charge < -0.3 is 14.6 Å². The third-order valence-corrected chi connectivity index (χ3v) is 4.71. The average Bonchev–Trinajstić information content (AvgIpc) is 2.86. The van der Waals surface area contributed by atoms with Crippen molar-refractivity contribution in [3.8, 4) is 0 Å². The van der Waals surface area contributed by atoms with Crippen LogP contribution in [0.25, 0.3) is 0 Å². The molecule has 0 aliphatic rings. The second-order valence-corrected chi connectivity index (χ2v) is 6.91. The van der Waals surface area contributed by atoms with Gasteiger partial charge in [0.25, 0.3) is 5.91 Å². The van der Waals surface area contributed by atoms with Crippen LogP contribution in [0, 0.1) is 6.92 Å². The molecule has 8 heteroatoms. The number of nitrogens with zero attached hydrogens (tertiary/aromatic N) is 1. The Morgan fingerprint density at radius 3 is 2.58 bits per heavy atom. The first-order chi connectivity index (χ1) is 11.4. The summed E-state index contributed by atoms with van der Waals surface area (Å²) in [5, 5.41) is 4.41. The first-order valence-electron chi connectivity index (χ1n) is 7.27. The molecule has 0 unspecified atom stereocenters. The van der Waals surface area contributed by atoms with E-state index in [1.165, 1.54) is 11.5 Å². The SMILES string of the molecule is Cc1csc(=O)n1CCC(=O)O[C@@H](C)C(=O)Nc1ccc(Br)cc1. The second kappa shape index (κ2) is 8.25. The monoisotopic (exact) mass is 412 g/mol. The third-order valence-electron chi connectivity index (χ3n) is 3.31. The molecule has 0 radical (unpaired) electrons. The highest BCUT2D eigenvalue weighted by atomic mass is 79.9. The molecule has 1 amide bonds. The first-order valence-corrected chi connectivity index (χ1v) is 8.95. The third kappa shape index (κ3) is 5.04. The number of halogens is 1. The maximum Gasteiger partial charge on any atom is 0.308 e. The van der Waals surface area contributed by atoms with Crippen molar-refractivity contribution >= 4 is 44.8 Å². The summed E-state index contributed by atoms with van der Waals surface area (Å²) in [6.45, 7) is 3.56. The normalized spacial score (nSPS) is 11.8. The van der Waals surface area contributed by atoms with Crippen molar-refractivity contribution in [3.05, 3.63) is 49.5 Å². The van der Waals surface area contributed by atoms with Gasteiger partial charge in [0.2, 0.25) is 0 Å². The van der Waals surface area contributed by atoms with E-state index in [2.05, 4.69) is 21.2 Å². The molecule has 0 fully saturated rings. The first kappa shape index (κ1) is 18.4. The molecular weight excluding hydrogens is 396 g/mol. The van der Waals surface area contributed by atoms with Gasteiger partial charge in [-0.1, -0.05) is 27.3 Å². The second-order valence-electron chi connectivity index (χ2n) is 5.17. The lowest BCUT2D eigenvalue weighted by atomic mass is 10.3. The van der Waals surface area contributed by atoms with E-state index in [0.717, 1.165) is 21.5 Å². The van der Waals surface area contributed by atoms with E-state index >= 15 is 0 Å². The summed E-state index contributed by atoms with van der Waals surface area (Å²) in [4.78, 5) is 35.3. The van der Waals surface area contributed by atoms with Gasteiger partial charge in [0.15, 0.2) is 6.10 Å². The van der Waals surface area contributed by atoms with Gasteiger partial charge in [-0.25, -0.2) is 0 Å². The zero-order valence-corrected chi connectivity index (χ0v) is 15.6. The van der Waals surface area contributed by atoms with Crippen LogP contribution in [0.15, 0.2) is 38.9 Å². The van der Waals surface area contributed by atoms with Crippen molar-refractivity contribution in [2.24, 2.45) is 0 Å². The van der Waals surface area contributed by atoms with Crippen LogP contribution < -0.4 is 10.2 Å². The lowest BCUT2D eigenvalue weighted by molar-refractivity contribution is -0.153. The molecule has 6 nitrogen and oxygen atoms in total. The van der Waals surface area contributed by atoms with Crippen molar-refractivity contribution in [2.45, 2.75) is 32.9 Å². The summed E-state index contributed by atoms with van der Waals surface area (Å²) in [6, 6.07) is 7.07. The number of esters is 1. The number of ether oxygens (including phenoxy) is 1. The zero-order valence-electron chi connectivity index (χ0n) is 13.2. The van der Waals surface area contributed by atoms with Gasteiger partial charge in [0.05, 0.1) is 6.42 Å². The molecule has 1 atom stereocenters. The fraction of sp³-hybridized carbons (Fsp3) is 0.312. The Hall–Kier alpha value is -1.93. The fourth-order valence-electron chi connectivity index (χ4n) is 1.96. The standard InChI is InChI=1S/C16H17BrN2O4S/c1-10-9-24-16(22)19(10)8-7-14(20)23-11(2)15(21)18-13-5-3-12(17)4-6-13/h3-6,9,11H,7-8H2,1-2H3,(H,18,21)/t11-/m0/s1. The molecule has 1 N–H and O–H groups in total. The number of anilines is 1. The molecule has 0 saturated heterocycles. The fourth-order valence-corrected chi connectivity index (χ4v) is 2.99. The Kier molecular flexibility index (Phi) is 6.33. The molecule has 0 bridgehead atoms. The Labute approximate surface area is 151 Å². The molecule has 2 aromatic rings. The van der Waals surface area contributed by atoms with Crippen LogP contribution in [0.5, 0.6) is 0 Å². The molecule has 0 spiro atoms. The smallest absolute Gasteiger partial charge is 0.308 e. The maximum atomic E-state index is 12.0. The predicted octanol–water partition coefficient (Wildman–Crippen LogP) is 2.94. The van der Waals surface area contributed by atoms with E-state index in [9.17, 15) is 14.4 Å². The van der Waals surface area contributed by atoms with Crippen molar-refractivity contribution in [1.29, 1.82) is 0 Å². The minimum atomic E-state index is -0.915. The maximum absolute atomic E-state index is 12.0. The molecule has 128 valence electrons. The Morgan fingerprint density at radius 2 is 2.00 bits per heavy atom. The lowest BCUT2D eigenvalue weighted by Crippen LogP contribution is -2.30. The molecule has 1 aromatic carbocycles.